The number of hydrogen-bond donors (Lipinski definition) is 1. The van der Waals surface area contributed by atoms with E-state index >= 15 is 0 Å². The van der Waals surface area contributed by atoms with Crippen LogP contribution in [0.3, 0.4) is 0 Å². The number of allylic oxidation sites excluding steroid dienone is 1. The summed E-state index contributed by atoms with van der Waals surface area (Å²) in [7, 11) is 0. The Kier molecular flexibility index (Phi) is 4.47. The zero-order valence-electron chi connectivity index (χ0n) is 5.65. The summed E-state index contributed by atoms with van der Waals surface area (Å²) in [5, 5.41) is 0. The fourth-order valence-corrected chi connectivity index (χ4v) is 0.436. The summed E-state index contributed by atoms with van der Waals surface area (Å²) >= 11 is 0. The molecule has 0 rings (SSSR count). The Bertz CT molecular complexity index is 64.8. The second-order valence-electron chi connectivity index (χ2n) is 1.94. The highest BCUT2D eigenvalue weighted by atomic mass is 14.6. The smallest absolute Gasteiger partial charge is 0.0665 e. The lowest BCUT2D eigenvalue weighted by Crippen LogP contribution is -1.98. The van der Waals surface area contributed by atoms with Crippen LogP contribution in [-0.4, -0.2) is 0 Å². The summed E-state index contributed by atoms with van der Waals surface area (Å²) < 4.78 is 0. The van der Waals surface area contributed by atoms with Crippen LogP contribution in [0.25, 0.3) is 0 Å². The van der Waals surface area contributed by atoms with Gasteiger partial charge in [-0.2, -0.15) is 6.04 Å². The normalized spacial score (nSPS) is 10.4. The van der Waals surface area contributed by atoms with Gasteiger partial charge in [-0.3, -0.25) is 0 Å². The molecule has 0 heterocycles. The highest BCUT2D eigenvalue weighted by molar-refractivity contribution is 5.01. The molecular weight excluding hydrogens is 98.1 g/mol. The van der Waals surface area contributed by atoms with E-state index in [-0.39, 0.29) is 0 Å². The van der Waals surface area contributed by atoms with E-state index in [1.54, 1.807) is 0 Å². The third-order valence-electron chi connectivity index (χ3n) is 0.836. The molecule has 0 aromatic heterocycles. The van der Waals surface area contributed by atoms with Crippen molar-refractivity contribution in [1.82, 2.24) is 0 Å². The Morgan fingerprint density at radius 2 is 2.25 bits per heavy atom. The summed E-state index contributed by atoms with van der Waals surface area (Å²) in [6, 6.07) is 0.887. The van der Waals surface area contributed by atoms with Gasteiger partial charge in [-0.1, -0.05) is 20.3 Å². The fourth-order valence-electron chi connectivity index (χ4n) is 0.436. The van der Waals surface area contributed by atoms with Gasteiger partial charge in [0.15, 0.2) is 0 Å². The highest BCUT2D eigenvalue weighted by Gasteiger charge is 1.68. The van der Waals surface area contributed by atoms with Gasteiger partial charge in [-0.15, -0.1) is 6.42 Å². The van der Waals surface area contributed by atoms with E-state index in [1.165, 1.54) is 6.42 Å². The minimum absolute atomic E-state index is 0.887. The summed E-state index contributed by atoms with van der Waals surface area (Å²) in [5.41, 5.74) is 5.36. The standard InChI is InChI=1S/C7H14N/c1-3-4-5-6-7(2)8/h5-6H,3-4,8H2,1-2H3/q-1. The molecule has 2 N–H and O–H groups in total. The molecule has 0 spiro atoms. The second-order valence-corrected chi connectivity index (χ2v) is 1.94. The van der Waals surface area contributed by atoms with Gasteiger partial charge < -0.3 is 5.73 Å². The molecule has 0 saturated heterocycles. The summed E-state index contributed by atoms with van der Waals surface area (Å²) in [6.45, 7) is 4.04. The Hall–Kier alpha value is -0.430. The molecule has 8 heavy (non-hydrogen) atoms. The molecule has 0 aliphatic carbocycles. The molecule has 0 fully saturated rings. The van der Waals surface area contributed by atoms with E-state index in [0.29, 0.717) is 0 Å². The third-order valence-corrected chi connectivity index (χ3v) is 0.836. The summed E-state index contributed by atoms with van der Waals surface area (Å²) in [4.78, 5) is 0. The van der Waals surface area contributed by atoms with Crippen molar-refractivity contribution in [2.24, 2.45) is 5.73 Å². The molecule has 0 radical (unpaired) electrons. The molecule has 0 aliphatic heterocycles. The van der Waals surface area contributed by atoms with Gasteiger partial charge in [0, 0.05) is 0 Å². The van der Waals surface area contributed by atoms with Crippen LogP contribution in [0.4, 0.5) is 0 Å². The largest absolute Gasteiger partial charge is 0.384 e. The maximum atomic E-state index is 5.36. The van der Waals surface area contributed by atoms with Crippen LogP contribution >= 0.6 is 0 Å². The van der Waals surface area contributed by atoms with Crippen LogP contribution in [0.2, 0.25) is 0 Å². The fraction of sp³-hybridized carbons (Fsp3) is 0.571. The first-order valence-corrected chi connectivity index (χ1v) is 3.03. The van der Waals surface area contributed by atoms with Crippen molar-refractivity contribution in [2.45, 2.75) is 26.7 Å². The molecule has 0 amide bonds. The first-order valence-electron chi connectivity index (χ1n) is 3.03. The van der Waals surface area contributed by atoms with Crippen molar-refractivity contribution in [2.75, 3.05) is 0 Å². The van der Waals surface area contributed by atoms with Gasteiger partial charge in [0.05, 0.1) is 0 Å². The Morgan fingerprint density at radius 3 is 2.62 bits per heavy atom. The van der Waals surface area contributed by atoms with E-state index in [0.717, 1.165) is 12.5 Å². The molecule has 48 valence electrons. The maximum absolute atomic E-state index is 5.36. The first-order chi connectivity index (χ1) is 3.77. The van der Waals surface area contributed by atoms with Crippen molar-refractivity contribution in [3.8, 4) is 0 Å². The monoisotopic (exact) mass is 112 g/mol. The molecular formula is C7H14N-. The molecule has 0 aliphatic rings. The predicted octanol–water partition coefficient (Wildman–Crippen LogP) is 1.85. The average molecular weight is 112 g/mol. The van der Waals surface area contributed by atoms with E-state index < -0.39 is 0 Å². The predicted molar refractivity (Wildman–Crippen MR) is 37.2 cm³/mol. The lowest BCUT2D eigenvalue weighted by Gasteiger charge is -2.04. The molecule has 0 aromatic carbocycles. The van der Waals surface area contributed by atoms with Crippen molar-refractivity contribution in [1.29, 1.82) is 0 Å². The molecule has 1 nitrogen and oxygen atoms in total. The van der Waals surface area contributed by atoms with Crippen molar-refractivity contribution >= 4 is 0 Å². The SMILES string of the molecule is CCCC=C[C-](C)N. The van der Waals surface area contributed by atoms with Crippen LogP contribution < -0.4 is 5.73 Å². The van der Waals surface area contributed by atoms with Crippen molar-refractivity contribution in [3.63, 3.8) is 0 Å². The van der Waals surface area contributed by atoms with Crippen LogP contribution in [0, 0.1) is 6.04 Å². The third kappa shape index (κ3) is 5.57. The van der Waals surface area contributed by atoms with Gasteiger partial charge in [-0.05, 0) is 0 Å². The molecule has 0 unspecified atom stereocenters. The topological polar surface area (TPSA) is 26.0 Å². The maximum Gasteiger partial charge on any atom is -0.0665 e. The van der Waals surface area contributed by atoms with Crippen molar-refractivity contribution in [3.05, 3.63) is 18.2 Å². The van der Waals surface area contributed by atoms with E-state index in [9.17, 15) is 0 Å². The minimum Gasteiger partial charge on any atom is -0.384 e. The van der Waals surface area contributed by atoms with E-state index in [1.807, 2.05) is 13.0 Å². The molecule has 0 aromatic rings. The van der Waals surface area contributed by atoms with E-state index in [2.05, 4.69) is 13.0 Å². The quantitative estimate of drug-likeness (QED) is 0.554. The van der Waals surface area contributed by atoms with Crippen LogP contribution in [0.15, 0.2) is 12.2 Å². The lowest BCUT2D eigenvalue weighted by molar-refractivity contribution is 0.951. The first kappa shape index (κ1) is 7.57. The van der Waals surface area contributed by atoms with Gasteiger partial charge in [-0.25, -0.2) is 12.2 Å². The van der Waals surface area contributed by atoms with Crippen molar-refractivity contribution < 1.29 is 0 Å². The van der Waals surface area contributed by atoms with Gasteiger partial charge in [0.25, 0.3) is 0 Å². The molecule has 0 saturated carbocycles. The summed E-state index contributed by atoms with van der Waals surface area (Å²) in [6.07, 6.45) is 6.37. The molecule has 0 bridgehead atoms. The van der Waals surface area contributed by atoms with E-state index in [4.69, 9.17) is 5.73 Å². The highest BCUT2D eigenvalue weighted by Crippen LogP contribution is 1.93. The number of unbranched alkanes of at least 4 members (excludes halogenated alkanes) is 1. The van der Waals surface area contributed by atoms with Gasteiger partial charge in [0.1, 0.15) is 0 Å². The Labute approximate surface area is 51.6 Å². The average Bonchev–Trinajstić information content (AvgIpc) is 1.66. The van der Waals surface area contributed by atoms with Gasteiger partial charge >= 0.3 is 0 Å². The minimum atomic E-state index is 0.887. The lowest BCUT2D eigenvalue weighted by atomic mass is 10.2. The summed E-state index contributed by atoms with van der Waals surface area (Å²) in [5.74, 6) is 0. The zero-order chi connectivity index (χ0) is 6.41. The number of hydrogen-bond acceptors (Lipinski definition) is 1. The Balaban J connectivity index is 3.07. The zero-order valence-corrected chi connectivity index (χ0v) is 5.65. The Morgan fingerprint density at radius 1 is 1.62 bits per heavy atom. The number of nitrogens with two attached hydrogens (primary N) is 1. The van der Waals surface area contributed by atoms with Crippen LogP contribution in [0.1, 0.15) is 26.7 Å². The van der Waals surface area contributed by atoms with Crippen LogP contribution in [0.5, 0.6) is 0 Å². The molecule has 0 atom stereocenters. The van der Waals surface area contributed by atoms with Crippen LogP contribution in [-0.2, 0) is 0 Å². The number of rotatable bonds is 3. The molecule has 1 heteroatoms. The second kappa shape index (κ2) is 4.72. The van der Waals surface area contributed by atoms with Gasteiger partial charge in [0.2, 0.25) is 0 Å².